The number of rotatable bonds is 7. The summed E-state index contributed by atoms with van der Waals surface area (Å²) >= 11 is 0. The Bertz CT molecular complexity index is 237. The molecular formula is C13H23NO2. The molecule has 0 amide bonds. The average molecular weight is 225 g/mol. The van der Waals surface area contributed by atoms with E-state index in [1.807, 2.05) is 6.92 Å². The molecule has 0 saturated heterocycles. The van der Waals surface area contributed by atoms with Gasteiger partial charge in [-0.15, -0.1) is 6.42 Å². The van der Waals surface area contributed by atoms with Crippen LogP contribution < -0.4 is 5.32 Å². The topological polar surface area (TPSA) is 30.5 Å². The van der Waals surface area contributed by atoms with Crippen molar-refractivity contribution in [2.24, 2.45) is 0 Å². The molecule has 0 radical (unpaired) electrons. The molecule has 1 N–H and O–H groups in total. The van der Waals surface area contributed by atoms with Gasteiger partial charge in [-0.2, -0.15) is 0 Å². The van der Waals surface area contributed by atoms with Crippen LogP contribution in [0.2, 0.25) is 0 Å². The first-order valence-electron chi connectivity index (χ1n) is 6.13. The Hall–Kier alpha value is -0.560. The van der Waals surface area contributed by atoms with Crippen molar-refractivity contribution < 1.29 is 9.47 Å². The van der Waals surface area contributed by atoms with Crippen molar-refractivity contribution in [3.05, 3.63) is 0 Å². The van der Waals surface area contributed by atoms with E-state index in [0.29, 0.717) is 6.04 Å². The molecular weight excluding hydrogens is 202 g/mol. The maximum absolute atomic E-state index is 5.57. The quantitative estimate of drug-likeness (QED) is 0.667. The summed E-state index contributed by atoms with van der Waals surface area (Å²) in [5.41, 5.74) is 0. The smallest absolute Gasteiger partial charge is 0.0987 e. The van der Waals surface area contributed by atoms with Crippen LogP contribution in [0.3, 0.4) is 0 Å². The number of ether oxygens (including phenoxy) is 2. The molecule has 1 rings (SSSR count). The van der Waals surface area contributed by atoms with E-state index in [1.165, 1.54) is 0 Å². The monoisotopic (exact) mass is 225 g/mol. The van der Waals surface area contributed by atoms with Gasteiger partial charge in [0.1, 0.15) is 0 Å². The van der Waals surface area contributed by atoms with E-state index in [4.69, 9.17) is 15.9 Å². The first-order chi connectivity index (χ1) is 7.76. The second-order valence-electron chi connectivity index (χ2n) is 4.21. The number of methoxy groups -OCH3 is 1. The Kier molecular flexibility index (Phi) is 5.83. The van der Waals surface area contributed by atoms with Crippen molar-refractivity contribution in [3.63, 3.8) is 0 Å². The fraction of sp³-hybridized carbons (Fsp3) is 0.846. The number of hydrogen-bond acceptors (Lipinski definition) is 3. The molecule has 92 valence electrons. The SMILES string of the molecule is C#CC(CCC)NC1CC(OCC)C1OC. The van der Waals surface area contributed by atoms with E-state index in [1.54, 1.807) is 7.11 Å². The summed E-state index contributed by atoms with van der Waals surface area (Å²) in [5, 5.41) is 3.45. The van der Waals surface area contributed by atoms with Gasteiger partial charge in [-0.3, -0.25) is 5.32 Å². The highest BCUT2D eigenvalue weighted by Gasteiger charge is 2.42. The molecule has 1 aliphatic carbocycles. The van der Waals surface area contributed by atoms with Crippen molar-refractivity contribution in [1.82, 2.24) is 5.32 Å². The van der Waals surface area contributed by atoms with Crippen molar-refractivity contribution >= 4 is 0 Å². The molecule has 16 heavy (non-hydrogen) atoms. The highest BCUT2D eigenvalue weighted by atomic mass is 16.5. The summed E-state index contributed by atoms with van der Waals surface area (Å²) in [4.78, 5) is 0. The van der Waals surface area contributed by atoms with Crippen molar-refractivity contribution in [2.75, 3.05) is 13.7 Å². The molecule has 0 aromatic heterocycles. The molecule has 4 unspecified atom stereocenters. The molecule has 3 heteroatoms. The first kappa shape index (κ1) is 13.5. The van der Waals surface area contributed by atoms with Crippen LogP contribution in [-0.2, 0) is 9.47 Å². The van der Waals surface area contributed by atoms with E-state index in [2.05, 4.69) is 18.2 Å². The molecule has 0 aliphatic heterocycles. The van der Waals surface area contributed by atoms with Crippen LogP contribution in [0.4, 0.5) is 0 Å². The third-order valence-electron chi connectivity index (χ3n) is 3.10. The number of hydrogen-bond donors (Lipinski definition) is 1. The summed E-state index contributed by atoms with van der Waals surface area (Å²) in [7, 11) is 1.73. The minimum atomic E-state index is 0.146. The average Bonchev–Trinajstić information content (AvgIpc) is 2.26. The predicted octanol–water partition coefficient (Wildman–Crippen LogP) is 1.57. The van der Waals surface area contributed by atoms with Crippen LogP contribution in [0.15, 0.2) is 0 Å². The Morgan fingerprint density at radius 1 is 1.50 bits per heavy atom. The van der Waals surface area contributed by atoms with Crippen LogP contribution in [0.1, 0.15) is 33.1 Å². The lowest BCUT2D eigenvalue weighted by Gasteiger charge is -2.44. The zero-order chi connectivity index (χ0) is 12.0. The molecule has 0 heterocycles. The Morgan fingerprint density at radius 2 is 2.25 bits per heavy atom. The van der Waals surface area contributed by atoms with Gasteiger partial charge in [-0.1, -0.05) is 19.3 Å². The minimum absolute atomic E-state index is 0.146. The van der Waals surface area contributed by atoms with Gasteiger partial charge < -0.3 is 9.47 Å². The van der Waals surface area contributed by atoms with Crippen LogP contribution >= 0.6 is 0 Å². The van der Waals surface area contributed by atoms with Gasteiger partial charge in [0.2, 0.25) is 0 Å². The van der Waals surface area contributed by atoms with Gasteiger partial charge in [0.05, 0.1) is 18.2 Å². The third kappa shape index (κ3) is 3.21. The van der Waals surface area contributed by atoms with Crippen LogP contribution in [0.5, 0.6) is 0 Å². The van der Waals surface area contributed by atoms with Crippen molar-refractivity contribution in [2.45, 2.75) is 57.4 Å². The summed E-state index contributed by atoms with van der Waals surface area (Å²) in [5.74, 6) is 2.79. The molecule has 0 aromatic rings. The van der Waals surface area contributed by atoms with Crippen molar-refractivity contribution in [3.8, 4) is 12.3 Å². The van der Waals surface area contributed by atoms with E-state index < -0.39 is 0 Å². The maximum Gasteiger partial charge on any atom is 0.0987 e. The fourth-order valence-corrected chi connectivity index (χ4v) is 2.20. The molecule has 0 bridgehead atoms. The van der Waals surface area contributed by atoms with Gasteiger partial charge in [0, 0.05) is 19.8 Å². The lowest BCUT2D eigenvalue weighted by Crippen LogP contribution is -2.61. The largest absolute Gasteiger partial charge is 0.377 e. The molecule has 1 aliphatic rings. The lowest BCUT2D eigenvalue weighted by atomic mass is 9.84. The summed E-state index contributed by atoms with van der Waals surface area (Å²) in [6.07, 6.45) is 8.97. The van der Waals surface area contributed by atoms with Gasteiger partial charge in [-0.05, 0) is 19.8 Å². The van der Waals surface area contributed by atoms with Crippen LogP contribution in [0, 0.1) is 12.3 Å². The second kappa shape index (κ2) is 6.90. The van der Waals surface area contributed by atoms with E-state index in [9.17, 15) is 0 Å². The third-order valence-corrected chi connectivity index (χ3v) is 3.10. The Morgan fingerprint density at radius 3 is 2.75 bits per heavy atom. The van der Waals surface area contributed by atoms with Gasteiger partial charge in [0.15, 0.2) is 0 Å². The van der Waals surface area contributed by atoms with Crippen molar-refractivity contribution in [1.29, 1.82) is 0 Å². The van der Waals surface area contributed by atoms with E-state index in [-0.39, 0.29) is 18.2 Å². The molecule has 3 nitrogen and oxygen atoms in total. The number of terminal acetylenes is 1. The standard InChI is InChI=1S/C13H23NO2/c1-5-8-10(6-2)14-11-9-12(16-7-3)13(11)15-4/h2,10-14H,5,7-9H2,1,3-4H3. The number of nitrogens with one attached hydrogen (secondary N) is 1. The normalized spacial score (nSPS) is 30.5. The zero-order valence-corrected chi connectivity index (χ0v) is 10.5. The predicted molar refractivity (Wildman–Crippen MR) is 65.3 cm³/mol. The maximum atomic E-state index is 5.57. The molecule has 0 aromatic carbocycles. The molecule has 4 atom stereocenters. The van der Waals surface area contributed by atoms with Crippen LogP contribution in [0.25, 0.3) is 0 Å². The lowest BCUT2D eigenvalue weighted by molar-refractivity contribution is -0.132. The highest BCUT2D eigenvalue weighted by Crippen LogP contribution is 2.27. The summed E-state index contributed by atoms with van der Waals surface area (Å²) in [6, 6.07) is 0.504. The highest BCUT2D eigenvalue weighted by molar-refractivity contribution is 5.05. The summed E-state index contributed by atoms with van der Waals surface area (Å²) < 4.78 is 11.0. The first-order valence-corrected chi connectivity index (χ1v) is 6.13. The van der Waals surface area contributed by atoms with Crippen LogP contribution in [-0.4, -0.2) is 38.0 Å². The molecule has 1 saturated carbocycles. The zero-order valence-electron chi connectivity index (χ0n) is 10.5. The second-order valence-corrected chi connectivity index (χ2v) is 4.21. The summed E-state index contributed by atoms with van der Waals surface area (Å²) in [6.45, 7) is 4.89. The Balaban J connectivity index is 2.36. The van der Waals surface area contributed by atoms with Gasteiger partial charge in [0.25, 0.3) is 0 Å². The Labute approximate surface area is 98.9 Å². The van der Waals surface area contributed by atoms with E-state index in [0.717, 1.165) is 25.9 Å². The van der Waals surface area contributed by atoms with Gasteiger partial charge in [-0.25, -0.2) is 0 Å². The van der Waals surface area contributed by atoms with Gasteiger partial charge >= 0.3 is 0 Å². The minimum Gasteiger partial charge on any atom is -0.377 e. The molecule has 1 fully saturated rings. The molecule has 0 spiro atoms. The van der Waals surface area contributed by atoms with E-state index >= 15 is 0 Å². The fourth-order valence-electron chi connectivity index (χ4n) is 2.20.